The molecule has 1 aliphatic rings. The molecule has 0 radical (unpaired) electrons. The number of hydrogen-bond acceptors (Lipinski definition) is 6. The molecule has 4 rings (SSSR count). The van der Waals surface area contributed by atoms with Gasteiger partial charge in [0, 0.05) is 17.3 Å². The lowest BCUT2D eigenvalue weighted by Gasteiger charge is -2.12. The minimum atomic E-state index is -0.685. The minimum absolute atomic E-state index is 0.0174. The van der Waals surface area contributed by atoms with E-state index in [1.165, 1.54) is 6.08 Å². The van der Waals surface area contributed by atoms with Crippen molar-refractivity contribution in [2.45, 2.75) is 0 Å². The SMILES string of the molecule is COc1ccc(NC(=O)CN2C(=O)NC(=Cc3ccc(-c4cccc(OC)c4)o3)C2=O)cc1. The zero-order chi connectivity index (χ0) is 23.4. The fraction of sp³-hybridized carbons (Fsp3) is 0.125. The Morgan fingerprint density at radius 3 is 2.52 bits per heavy atom. The van der Waals surface area contributed by atoms with Gasteiger partial charge in [-0.2, -0.15) is 0 Å². The molecular weight excluding hydrogens is 426 g/mol. The highest BCUT2D eigenvalue weighted by Gasteiger charge is 2.35. The number of urea groups is 1. The Morgan fingerprint density at radius 2 is 1.79 bits per heavy atom. The molecule has 0 aliphatic carbocycles. The Labute approximate surface area is 189 Å². The number of nitrogens with one attached hydrogen (secondary N) is 2. The molecule has 1 saturated heterocycles. The average molecular weight is 447 g/mol. The number of benzene rings is 2. The van der Waals surface area contributed by atoms with Crippen molar-refractivity contribution in [2.24, 2.45) is 0 Å². The van der Waals surface area contributed by atoms with Crippen LogP contribution in [0.1, 0.15) is 5.76 Å². The highest BCUT2D eigenvalue weighted by molar-refractivity contribution is 6.15. The van der Waals surface area contributed by atoms with Gasteiger partial charge in [0.2, 0.25) is 5.91 Å². The molecule has 0 spiro atoms. The molecule has 9 heteroatoms. The van der Waals surface area contributed by atoms with Crippen LogP contribution < -0.4 is 20.1 Å². The van der Waals surface area contributed by atoms with Crippen molar-refractivity contribution in [3.63, 3.8) is 0 Å². The number of anilines is 1. The summed E-state index contributed by atoms with van der Waals surface area (Å²) in [7, 11) is 3.12. The van der Waals surface area contributed by atoms with Crippen molar-refractivity contribution in [1.82, 2.24) is 10.2 Å². The number of furan rings is 1. The van der Waals surface area contributed by atoms with Gasteiger partial charge in [-0.05, 0) is 48.5 Å². The molecule has 1 aromatic heterocycles. The molecule has 0 atom stereocenters. The zero-order valence-electron chi connectivity index (χ0n) is 18.0. The van der Waals surface area contributed by atoms with Crippen LogP contribution in [-0.4, -0.2) is 43.5 Å². The second-order valence-electron chi connectivity index (χ2n) is 7.09. The Balaban J connectivity index is 1.43. The summed E-state index contributed by atoms with van der Waals surface area (Å²) >= 11 is 0. The molecule has 168 valence electrons. The van der Waals surface area contributed by atoms with E-state index in [0.717, 1.165) is 10.5 Å². The van der Waals surface area contributed by atoms with Crippen LogP contribution in [0.4, 0.5) is 10.5 Å². The van der Waals surface area contributed by atoms with Crippen LogP contribution in [0.15, 0.2) is 70.8 Å². The van der Waals surface area contributed by atoms with Crippen LogP contribution in [0.3, 0.4) is 0 Å². The summed E-state index contributed by atoms with van der Waals surface area (Å²) in [6.07, 6.45) is 1.42. The first-order valence-corrected chi connectivity index (χ1v) is 9.99. The maximum atomic E-state index is 12.7. The van der Waals surface area contributed by atoms with Gasteiger partial charge in [0.25, 0.3) is 5.91 Å². The Hall–Kier alpha value is -4.53. The summed E-state index contributed by atoms with van der Waals surface area (Å²) in [5, 5.41) is 5.12. The van der Waals surface area contributed by atoms with Crippen LogP contribution in [-0.2, 0) is 9.59 Å². The first-order valence-electron chi connectivity index (χ1n) is 9.99. The lowest BCUT2D eigenvalue weighted by Crippen LogP contribution is -2.38. The molecular formula is C24H21N3O6. The number of carbonyl (C=O) groups is 3. The van der Waals surface area contributed by atoms with Crippen LogP contribution in [0.2, 0.25) is 0 Å². The third-order valence-corrected chi connectivity index (χ3v) is 4.91. The Kier molecular flexibility index (Phi) is 6.12. The highest BCUT2D eigenvalue weighted by atomic mass is 16.5. The van der Waals surface area contributed by atoms with Crippen molar-refractivity contribution in [1.29, 1.82) is 0 Å². The third kappa shape index (κ3) is 4.87. The normalized spacial score (nSPS) is 14.4. The first kappa shape index (κ1) is 21.7. The van der Waals surface area contributed by atoms with Gasteiger partial charge in [0.1, 0.15) is 35.3 Å². The van der Waals surface area contributed by atoms with Crippen molar-refractivity contribution in [3.05, 3.63) is 72.1 Å². The molecule has 4 amide bonds. The average Bonchev–Trinajstić information content (AvgIpc) is 3.40. The van der Waals surface area contributed by atoms with Crippen LogP contribution in [0, 0.1) is 0 Å². The number of amides is 4. The van der Waals surface area contributed by atoms with Gasteiger partial charge in [-0.1, -0.05) is 12.1 Å². The van der Waals surface area contributed by atoms with E-state index < -0.39 is 24.4 Å². The van der Waals surface area contributed by atoms with Crippen molar-refractivity contribution >= 4 is 29.6 Å². The van der Waals surface area contributed by atoms with E-state index in [9.17, 15) is 14.4 Å². The largest absolute Gasteiger partial charge is 0.497 e. The van der Waals surface area contributed by atoms with E-state index >= 15 is 0 Å². The number of imide groups is 1. The molecule has 1 aliphatic heterocycles. The lowest BCUT2D eigenvalue weighted by atomic mass is 10.2. The van der Waals surface area contributed by atoms with Crippen LogP contribution in [0.25, 0.3) is 17.4 Å². The molecule has 33 heavy (non-hydrogen) atoms. The van der Waals surface area contributed by atoms with E-state index in [2.05, 4.69) is 10.6 Å². The van der Waals surface area contributed by atoms with E-state index in [4.69, 9.17) is 13.9 Å². The summed E-state index contributed by atoms with van der Waals surface area (Å²) in [4.78, 5) is 38.1. The van der Waals surface area contributed by atoms with Gasteiger partial charge >= 0.3 is 6.03 Å². The molecule has 2 heterocycles. The summed E-state index contributed by atoms with van der Waals surface area (Å²) in [6.45, 7) is -0.429. The Morgan fingerprint density at radius 1 is 1.03 bits per heavy atom. The molecule has 2 aromatic carbocycles. The summed E-state index contributed by atoms with van der Waals surface area (Å²) in [5.41, 5.74) is 1.34. The molecule has 0 unspecified atom stereocenters. The Bertz CT molecular complexity index is 1230. The number of hydrogen-bond donors (Lipinski definition) is 2. The van der Waals surface area contributed by atoms with Crippen molar-refractivity contribution < 1.29 is 28.3 Å². The fourth-order valence-corrected chi connectivity index (χ4v) is 3.24. The van der Waals surface area contributed by atoms with E-state index in [1.54, 1.807) is 50.6 Å². The molecule has 0 saturated carbocycles. The topological polar surface area (TPSA) is 110 Å². The lowest BCUT2D eigenvalue weighted by molar-refractivity contribution is -0.127. The second kappa shape index (κ2) is 9.31. The first-order chi connectivity index (χ1) is 16.0. The molecule has 3 aromatic rings. The highest BCUT2D eigenvalue weighted by Crippen LogP contribution is 2.27. The van der Waals surface area contributed by atoms with E-state index in [-0.39, 0.29) is 5.70 Å². The molecule has 9 nitrogen and oxygen atoms in total. The summed E-state index contributed by atoms with van der Waals surface area (Å²) in [5.74, 6) is 1.15. The van der Waals surface area contributed by atoms with Gasteiger partial charge < -0.3 is 24.5 Å². The monoisotopic (exact) mass is 447 g/mol. The number of carbonyl (C=O) groups excluding carboxylic acids is 3. The predicted molar refractivity (Wildman–Crippen MR) is 121 cm³/mol. The third-order valence-electron chi connectivity index (χ3n) is 4.91. The summed E-state index contributed by atoms with van der Waals surface area (Å²) < 4.78 is 16.1. The van der Waals surface area contributed by atoms with Gasteiger partial charge in [0.15, 0.2) is 0 Å². The maximum Gasteiger partial charge on any atom is 0.329 e. The maximum absolute atomic E-state index is 12.7. The quantitative estimate of drug-likeness (QED) is 0.424. The smallest absolute Gasteiger partial charge is 0.329 e. The van der Waals surface area contributed by atoms with Crippen LogP contribution in [0.5, 0.6) is 11.5 Å². The number of methoxy groups -OCH3 is 2. The molecule has 2 N–H and O–H groups in total. The van der Waals surface area contributed by atoms with Gasteiger partial charge in [-0.3, -0.25) is 9.59 Å². The van der Waals surface area contributed by atoms with Crippen molar-refractivity contribution in [3.8, 4) is 22.8 Å². The number of nitrogens with zero attached hydrogens (tertiary/aromatic N) is 1. The number of rotatable bonds is 7. The van der Waals surface area contributed by atoms with Gasteiger partial charge in [0.05, 0.1) is 14.2 Å². The zero-order valence-corrected chi connectivity index (χ0v) is 18.0. The number of ether oxygens (including phenoxy) is 2. The van der Waals surface area contributed by atoms with Gasteiger partial charge in [-0.15, -0.1) is 0 Å². The minimum Gasteiger partial charge on any atom is -0.497 e. The molecule has 1 fully saturated rings. The standard InChI is InChI=1S/C24H21N3O6/c1-31-17-8-6-16(7-9-17)25-22(28)14-27-23(29)20(26-24(27)30)13-19-10-11-21(33-19)15-4-3-5-18(12-15)32-2/h3-13H,14H2,1-2H3,(H,25,28)(H,26,30). The van der Waals surface area contributed by atoms with Crippen LogP contribution >= 0.6 is 0 Å². The summed E-state index contributed by atoms with van der Waals surface area (Å²) in [6, 6.07) is 16.8. The molecule has 0 bridgehead atoms. The second-order valence-corrected chi connectivity index (χ2v) is 7.09. The van der Waals surface area contributed by atoms with E-state index in [1.807, 2.05) is 24.3 Å². The van der Waals surface area contributed by atoms with Crippen molar-refractivity contribution in [2.75, 3.05) is 26.1 Å². The predicted octanol–water partition coefficient (Wildman–Crippen LogP) is 3.50. The van der Waals surface area contributed by atoms with E-state index in [0.29, 0.717) is 28.7 Å². The van der Waals surface area contributed by atoms with Gasteiger partial charge in [-0.25, -0.2) is 9.69 Å². The fourth-order valence-electron chi connectivity index (χ4n) is 3.24.